The van der Waals surface area contributed by atoms with Gasteiger partial charge in [0.15, 0.2) is 0 Å². The van der Waals surface area contributed by atoms with Gasteiger partial charge in [-0.2, -0.15) is 0 Å². The van der Waals surface area contributed by atoms with Gasteiger partial charge < -0.3 is 25.6 Å². The molecule has 3 heterocycles. The zero-order valence-corrected chi connectivity index (χ0v) is 20.3. The summed E-state index contributed by atoms with van der Waals surface area (Å²) >= 11 is 0. The van der Waals surface area contributed by atoms with E-state index < -0.39 is 0 Å². The summed E-state index contributed by atoms with van der Waals surface area (Å²) in [6.45, 7) is 6.82. The lowest BCUT2D eigenvalue weighted by Crippen LogP contribution is -2.40. The molecule has 0 bridgehead atoms. The van der Waals surface area contributed by atoms with Gasteiger partial charge in [0, 0.05) is 47.5 Å². The fourth-order valence-corrected chi connectivity index (χ4v) is 5.05. The van der Waals surface area contributed by atoms with E-state index >= 15 is 0 Å². The molecule has 0 spiro atoms. The number of amides is 1. The van der Waals surface area contributed by atoms with Gasteiger partial charge in [0.1, 0.15) is 0 Å². The van der Waals surface area contributed by atoms with E-state index in [1.165, 1.54) is 32.4 Å². The zero-order chi connectivity index (χ0) is 24.0. The summed E-state index contributed by atoms with van der Waals surface area (Å²) in [5, 5.41) is 4.75. The second kappa shape index (κ2) is 11.1. The number of nitrogen functional groups attached to an aromatic ring is 1. The van der Waals surface area contributed by atoms with E-state index in [0.29, 0.717) is 37.6 Å². The number of ether oxygens (including phenoxy) is 1. The smallest absolute Gasteiger partial charge is 0.254 e. The highest BCUT2D eigenvalue weighted by Gasteiger charge is 2.20. The molecular weight excluding hydrogens is 438 g/mol. The molecule has 2 aliphatic rings. The van der Waals surface area contributed by atoms with Crippen molar-refractivity contribution in [1.82, 2.24) is 14.8 Å². The highest BCUT2D eigenvalue weighted by atomic mass is 16.5. The molecule has 0 aliphatic carbocycles. The molecule has 5 rings (SSSR count). The van der Waals surface area contributed by atoms with Crippen LogP contribution in [-0.4, -0.2) is 73.2 Å². The van der Waals surface area contributed by atoms with E-state index in [1.54, 1.807) is 6.07 Å². The van der Waals surface area contributed by atoms with Gasteiger partial charge in [-0.1, -0.05) is 24.6 Å². The molecule has 2 aliphatic heterocycles. The number of likely N-dealkylation sites (tertiary alicyclic amines) is 1. The highest BCUT2D eigenvalue weighted by Crippen LogP contribution is 2.30. The number of fused-ring (bicyclic) bond motifs is 1. The number of aromatic nitrogens is 1. The first-order chi connectivity index (χ1) is 17.2. The number of anilines is 2. The fourth-order valence-electron chi connectivity index (χ4n) is 5.05. The van der Waals surface area contributed by atoms with Crippen LogP contribution in [0.4, 0.5) is 11.4 Å². The maximum Gasteiger partial charge on any atom is 0.254 e. The van der Waals surface area contributed by atoms with Crippen molar-refractivity contribution in [2.75, 3.05) is 63.5 Å². The van der Waals surface area contributed by atoms with Gasteiger partial charge >= 0.3 is 0 Å². The predicted octanol–water partition coefficient (Wildman–Crippen LogP) is 4.24. The maximum atomic E-state index is 13.1. The molecule has 3 N–H and O–H groups in total. The van der Waals surface area contributed by atoms with Crippen LogP contribution in [0.3, 0.4) is 0 Å². The van der Waals surface area contributed by atoms with E-state index in [2.05, 4.69) is 22.3 Å². The van der Waals surface area contributed by atoms with Crippen LogP contribution >= 0.6 is 0 Å². The number of carbonyl (C=O) groups excluding carboxylic acids is 1. The third-order valence-electron chi connectivity index (χ3n) is 6.93. The Morgan fingerprint density at radius 1 is 1.00 bits per heavy atom. The molecule has 2 fully saturated rings. The summed E-state index contributed by atoms with van der Waals surface area (Å²) in [5.74, 6) is -0.0151. The third kappa shape index (κ3) is 5.74. The van der Waals surface area contributed by atoms with Crippen LogP contribution in [0.2, 0.25) is 0 Å². The molecule has 7 heteroatoms. The van der Waals surface area contributed by atoms with Crippen molar-refractivity contribution in [2.45, 2.75) is 25.7 Å². The van der Waals surface area contributed by atoms with Gasteiger partial charge in [0.05, 0.1) is 24.4 Å². The Morgan fingerprint density at radius 2 is 1.80 bits per heavy atom. The number of pyridine rings is 1. The SMILES string of the molecule is Nc1cc(C(=O)N2CCOCC2)cc(-c2cc(NCCCN3CCCCC3)c3ccccc3n2)c1. The molecule has 0 saturated carbocycles. The summed E-state index contributed by atoms with van der Waals surface area (Å²) in [5.41, 5.74) is 11.0. The number of nitrogens with zero attached hydrogens (tertiary/aromatic N) is 3. The number of nitrogens with one attached hydrogen (secondary N) is 1. The summed E-state index contributed by atoms with van der Waals surface area (Å²) < 4.78 is 5.39. The largest absolute Gasteiger partial charge is 0.399 e. The van der Waals surface area contributed by atoms with Crippen molar-refractivity contribution in [3.05, 3.63) is 54.1 Å². The first kappa shape index (κ1) is 23.6. The average molecular weight is 474 g/mol. The van der Waals surface area contributed by atoms with Gasteiger partial charge in [-0.3, -0.25) is 4.79 Å². The van der Waals surface area contributed by atoms with E-state index in [4.69, 9.17) is 15.5 Å². The molecule has 2 saturated heterocycles. The predicted molar refractivity (Wildman–Crippen MR) is 142 cm³/mol. The summed E-state index contributed by atoms with van der Waals surface area (Å²) in [6.07, 6.45) is 5.11. The first-order valence-corrected chi connectivity index (χ1v) is 12.8. The summed E-state index contributed by atoms with van der Waals surface area (Å²) in [4.78, 5) is 22.4. The van der Waals surface area contributed by atoms with Crippen LogP contribution in [-0.2, 0) is 4.74 Å². The quantitative estimate of drug-likeness (QED) is 0.394. The molecule has 7 nitrogen and oxygen atoms in total. The Hall–Kier alpha value is -3.16. The number of piperidine rings is 1. The van der Waals surface area contributed by atoms with E-state index in [1.807, 2.05) is 35.2 Å². The molecular formula is C28H35N5O2. The molecule has 2 aromatic carbocycles. The number of carbonyl (C=O) groups is 1. The Bertz CT molecular complexity index is 1170. The van der Waals surface area contributed by atoms with Crippen LogP contribution in [0.15, 0.2) is 48.5 Å². The number of hydrogen-bond donors (Lipinski definition) is 2. The Balaban J connectivity index is 1.38. The first-order valence-electron chi connectivity index (χ1n) is 12.8. The van der Waals surface area contributed by atoms with Crippen molar-refractivity contribution in [1.29, 1.82) is 0 Å². The molecule has 3 aromatic rings. The molecule has 35 heavy (non-hydrogen) atoms. The second-order valence-electron chi connectivity index (χ2n) is 9.50. The van der Waals surface area contributed by atoms with Gasteiger partial charge in [-0.25, -0.2) is 4.98 Å². The molecule has 0 radical (unpaired) electrons. The fraction of sp³-hybridized carbons (Fsp3) is 0.429. The van der Waals surface area contributed by atoms with Crippen molar-refractivity contribution < 1.29 is 9.53 Å². The minimum absolute atomic E-state index is 0.0151. The van der Waals surface area contributed by atoms with Crippen LogP contribution in [0.25, 0.3) is 22.2 Å². The zero-order valence-electron chi connectivity index (χ0n) is 20.3. The molecule has 0 unspecified atom stereocenters. The van der Waals surface area contributed by atoms with Crippen LogP contribution in [0.5, 0.6) is 0 Å². The van der Waals surface area contributed by atoms with Crippen LogP contribution < -0.4 is 11.1 Å². The minimum Gasteiger partial charge on any atom is -0.399 e. The molecule has 0 atom stereocenters. The Morgan fingerprint density at radius 3 is 2.63 bits per heavy atom. The number of benzene rings is 2. The average Bonchev–Trinajstić information content (AvgIpc) is 2.91. The number of rotatable bonds is 7. The van der Waals surface area contributed by atoms with Crippen LogP contribution in [0.1, 0.15) is 36.0 Å². The van der Waals surface area contributed by atoms with Gasteiger partial charge in [0.2, 0.25) is 0 Å². The Labute approximate surface area is 207 Å². The maximum absolute atomic E-state index is 13.1. The van der Waals surface area contributed by atoms with Crippen molar-refractivity contribution >= 4 is 28.2 Å². The summed E-state index contributed by atoms with van der Waals surface area (Å²) in [6, 6.07) is 15.8. The second-order valence-corrected chi connectivity index (χ2v) is 9.50. The van der Waals surface area contributed by atoms with Crippen molar-refractivity contribution in [2.24, 2.45) is 0 Å². The van der Waals surface area contributed by atoms with Crippen molar-refractivity contribution in [3.63, 3.8) is 0 Å². The van der Waals surface area contributed by atoms with E-state index in [0.717, 1.165) is 47.4 Å². The Kier molecular flexibility index (Phi) is 7.45. The number of hydrogen-bond acceptors (Lipinski definition) is 6. The normalized spacial score (nSPS) is 17.0. The lowest BCUT2D eigenvalue weighted by Gasteiger charge is -2.27. The van der Waals surface area contributed by atoms with Crippen molar-refractivity contribution in [3.8, 4) is 11.3 Å². The van der Waals surface area contributed by atoms with Gasteiger partial charge in [-0.15, -0.1) is 0 Å². The summed E-state index contributed by atoms with van der Waals surface area (Å²) in [7, 11) is 0. The number of nitrogens with two attached hydrogens (primary N) is 1. The minimum atomic E-state index is -0.0151. The van der Waals surface area contributed by atoms with Crippen LogP contribution in [0, 0.1) is 0 Å². The topological polar surface area (TPSA) is 83.7 Å². The lowest BCUT2D eigenvalue weighted by atomic mass is 10.0. The van der Waals surface area contributed by atoms with E-state index in [-0.39, 0.29) is 5.91 Å². The number of morpholine rings is 1. The molecule has 184 valence electrons. The third-order valence-corrected chi connectivity index (χ3v) is 6.93. The lowest BCUT2D eigenvalue weighted by molar-refractivity contribution is 0.0303. The van der Waals surface area contributed by atoms with Gasteiger partial charge in [0.25, 0.3) is 5.91 Å². The van der Waals surface area contributed by atoms with Gasteiger partial charge in [-0.05, 0) is 69.2 Å². The standard InChI is InChI=1S/C28H35N5O2/c29-23-18-21(17-22(19-23)28(34)33-13-15-35-16-14-33)26-20-27(24-7-2-3-8-25(24)31-26)30-9-6-12-32-10-4-1-5-11-32/h2-3,7-8,17-20H,1,4-6,9-16,29H2,(H,30,31). The monoisotopic (exact) mass is 473 g/mol. The highest BCUT2D eigenvalue weighted by molar-refractivity contribution is 5.98. The molecule has 1 aromatic heterocycles. The molecule has 1 amide bonds. The number of para-hydroxylation sites is 1. The van der Waals surface area contributed by atoms with E-state index in [9.17, 15) is 4.79 Å².